The number of nitrogens with one attached hydrogen (secondary N) is 1. The number of hydrogen-bond acceptors (Lipinski definition) is 4. The van der Waals surface area contributed by atoms with Crippen molar-refractivity contribution in [2.45, 2.75) is 43.9 Å². The van der Waals surface area contributed by atoms with Gasteiger partial charge in [0.25, 0.3) is 0 Å². The van der Waals surface area contributed by atoms with E-state index in [1.807, 2.05) is 0 Å². The fourth-order valence-electron chi connectivity index (χ4n) is 3.66. The molecule has 0 atom stereocenters. The summed E-state index contributed by atoms with van der Waals surface area (Å²) in [4.78, 5) is 2.75. The third kappa shape index (κ3) is 5.26. The van der Waals surface area contributed by atoms with Gasteiger partial charge in [-0.2, -0.15) is 0 Å². The first-order chi connectivity index (χ1) is 13.5. The fourth-order valence-corrected chi connectivity index (χ4v) is 4.92. The highest BCUT2D eigenvalue weighted by Gasteiger charge is 2.17. The summed E-state index contributed by atoms with van der Waals surface area (Å²) in [7, 11) is -1.96. The van der Waals surface area contributed by atoms with E-state index in [9.17, 15) is 8.42 Å². The standard InChI is InChI=1S/C22H30N2O3S/c1-18-17-21(27-2)11-12-22(18)28(25,26)23-14-13-19-7-9-20(10-8-19)24-15-5-3-4-6-16-24/h7-12,17,23H,3-6,13-16H2,1-2H3. The number of aryl methyl sites for hydroxylation is 1. The van der Waals surface area contributed by atoms with Gasteiger partial charge in [0.15, 0.2) is 0 Å². The largest absolute Gasteiger partial charge is 0.497 e. The molecule has 28 heavy (non-hydrogen) atoms. The van der Waals surface area contributed by atoms with Crippen LogP contribution in [0.2, 0.25) is 0 Å². The Hall–Kier alpha value is -2.05. The second-order valence-electron chi connectivity index (χ2n) is 7.35. The van der Waals surface area contributed by atoms with Crippen molar-refractivity contribution in [2.24, 2.45) is 0 Å². The van der Waals surface area contributed by atoms with Gasteiger partial charge in [-0.1, -0.05) is 25.0 Å². The van der Waals surface area contributed by atoms with E-state index in [2.05, 4.69) is 33.9 Å². The van der Waals surface area contributed by atoms with Gasteiger partial charge in [0.1, 0.15) is 5.75 Å². The highest BCUT2D eigenvalue weighted by molar-refractivity contribution is 7.89. The third-order valence-electron chi connectivity index (χ3n) is 5.28. The summed E-state index contributed by atoms with van der Waals surface area (Å²) in [5.41, 5.74) is 3.07. The number of methoxy groups -OCH3 is 1. The van der Waals surface area contributed by atoms with Crippen LogP contribution in [0.1, 0.15) is 36.8 Å². The minimum atomic E-state index is -3.53. The predicted octanol–water partition coefficient (Wildman–Crippen LogP) is 3.91. The van der Waals surface area contributed by atoms with Crippen molar-refractivity contribution in [3.8, 4) is 5.75 Å². The lowest BCUT2D eigenvalue weighted by atomic mass is 10.1. The lowest BCUT2D eigenvalue weighted by Gasteiger charge is -2.22. The van der Waals surface area contributed by atoms with Crippen molar-refractivity contribution in [3.63, 3.8) is 0 Å². The van der Waals surface area contributed by atoms with Crippen LogP contribution in [-0.4, -0.2) is 35.2 Å². The topological polar surface area (TPSA) is 58.6 Å². The molecule has 0 spiro atoms. The van der Waals surface area contributed by atoms with Gasteiger partial charge in [0.05, 0.1) is 12.0 Å². The van der Waals surface area contributed by atoms with Crippen molar-refractivity contribution in [3.05, 3.63) is 53.6 Å². The number of anilines is 1. The molecule has 6 heteroatoms. The molecule has 0 bridgehead atoms. The van der Waals surface area contributed by atoms with Crippen LogP contribution in [0.25, 0.3) is 0 Å². The molecule has 0 saturated carbocycles. The van der Waals surface area contributed by atoms with Crippen LogP contribution in [0.15, 0.2) is 47.4 Å². The molecule has 1 aliphatic rings. The molecule has 0 unspecified atom stereocenters. The molecule has 2 aromatic rings. The Morgan fingerprint density at radius 1 is 1.00 bits per heavy atom. The Kier molecular flexibility index (Phi) is 6.97. The molecule has 0 aromatic heterocycles. The zero-order chi connectivity index (χ0) is 20.0. The van der Waals surface area contributed by atoms with E-state index in [1.165, 1.54) is 31.4 Å². The summed E-state index contributed by atoms with van der Waals surface area (Å²) >= 11 is 0. The summed E-state index contributed by atoms with van der Waals surface area (Å²) in [6.45, 7) is 4.40. The number of ether oxygens (including phenoxy) is 1. The zero-order valence-electron chi connectivity index (χ0n) is 16.8. The van der Waals surface area contributed by atoms with Crippen LogP contribution in [-0.2, 0) is 16.4 Å². The Bertz CT molecular complexity index is 871. The van der Waals surface area contributed by atoms with E-state index in [4.69, 9.17) is 4.74 Å². The van der Waals surface area contributed by atoms with Crippen LogP contribution < -0.4 is 14.4 Å². The average Bonchev–Trinajstić information content (AvgIpc) is 2.97. The Morgan fingerprint density at radius 2 is 1.68 bits per heavy atom. The second kappa shape index (κ2) is 9.43. The maximum absolute atomic E-state index is 12.6. The van der Waals surface area contributed by atoms with Crippen molar-refractivity contribution in [1.29, 1.82) is 0 Å². The van der Waals surface area contributed by atoms with Gasteiger partial charge in [-0.05, 0) is 67.6 Å². The first-order valence-electron chi connectivity index (χ1n) is 9.98. The quantitative estimate of drug-likeness (QED) is 0.763. The van der Waals surface area contributed by atoms with Crippen molar-refractivity contribution in [2.75, 3.05) is 31.6 Å². The molecule has 0 aliphatic carbocycles. The molecule has 3 rings (SSSR count). The normalized spacial score (nSPS) is 15.3. The van der Waals surface area contributed by atoms with E-state index < -0.39 is 10.0 Å². The summed E-state index contributed by atoms with van der Waals surface area (Å²) in [5.74, 6) is 0.654. The second-order valence-corrected chi connectivity index (χ2v) is 9.08. The molecular formula is C22H30N2O3S. The van der Waals surface area contributed by atoms with Gasteiger partial charge < -0.3 is 9.64 Å². The molecule has 1 saturated heterocycles. The van der Waals surface area contributed by atoms with Gasteiger partial charge in [-0.25, -0.2) is 13.1 Å². The van der Waals surface area contributed by atoms with Crippen LogP contribution >= 0.6 is 0 Å². The van der Waals surface area contributed by atoms with Gasteiger partial charge >= 0.3 is 0 Å². The predicted molar refractivity (Wildman–Crippen MR) is 114 cm³/mol. The summed E-state index contributed by atoms with van der Waals surface area (Å²) in [5, 5.41) is 0. The van der Waals surface area contributed by atoms with E-state index in [1.54, 1.807) is 32.2 Å². The van der Waals surface area contributed by atoms with Crippen LogP contribution in [0, 0.1) is 6.92 Å². The molecule has 1 fully saturated rings. The van der Waals surface area contributed by atoms with Crippen LogP contribution in [0.3, 0.4) is 0 Å². The lowest BCUT2D eigenvalue weighted by Crippen LogP contribution is -2.26. The van der Waals surface area contributed by atoms with E-state index in [0.29, 0.717) is 29.2 Å². The van der Waals surface area contributed by atoms with Crippen LogP contribution in [0.5, 0.6) is 5.75 Å². The van der Waals surface area contributed by atoms with E-state index >= 15 is 0 Å². The highest BCUT2D eigenvalue weighted by atomic mass is 32.2. The number of benzene rings is 2. The minimum Gasteiger partial charge on any atom is -0.497 e. The van der Waals surface area contributed by atoms with Crippen molar-refractivity contribution in [1.82, 2.24) is 4.72 Å². The molecule has 1 N–H and O–H groups in total. The molecule has 1 aliphatic heterocycles. The SMILES string of the molecule is COc1ccc(S(=O)(=O)NCCc2ccc(N3CCCCCC3)cc2)c(C)c1. The monoisotopic (exact) mass is 402 g/mol. The molecule has 2 aromatic carbocycles. The number of nitrogens with zero attached hydrogens (tertiary/aromatic N) is 1. The first-order valence-corrected chi connectivity index (χ1v) is 11.5. The van der Waals surface area contributed by atoms with Gasteiger partial charge in [-0.15, -0.1) is 0 Å². The maximum atomic E-state index is 12.6. The Morgan fingerprint density at radius 3 is 2.29 bits per heavy atom. The van der Waals surface area contributed by atoms with Crippen molar-refractivity contribution >= 4 is 15.7 Å². The number of rotatable bonds is 7. The zero-order valence-corrected chi connectivity index (χ0v) is 17.6. The van der Waals surface area contributed by atoms with E-state index in [0.717, 1.165) is 18.7 Å². The number of hydrogen-bond donors (Lipinski definition) is 1. The van der Waals surface area contributed by atoms with Gasteiger partial charge in [0, 0.05) is 25.3 Å². The molecule has 1 heterocycles. The maximum Gasteiger partial charge on any atom is 0.240 e. The van der Waals surface area contributed by atoms with Crippen molar-refractivity contribution < 1.29 is 13.2 Å². The average molecular weight is 403 g/mol. The molecule has 0 radical (unpaired) electrons. The molecule has 0 amide bonds. The summed E-state index contributed by atoms with van der Waals surface area (Å²) in [6, 6.07) is 13.5. The Labute approximate surface area is 168 Å². The minimum absolute atomic E-state index is 0.296. The lowest BCUT2D eigenvalue weighted by molar-refractivity contribution is 0.414. The summed E-state index contributed by atoms with van der Waals surface area (Å²) < 4.78 is 33.0. The van der Waals surface area contributed by atoms with E-state index in [-0.39, 0.29) is 0 Å². The fraction of sp³-hybridized carbons (Fsp3) is 0.455. The van der Waals surface area contributed by atoms with Gasteiger partial charge in [0.2, 0.25) is 10.0 Å². The number of sulfonamides is 1. The van der Waals surface area contributed by atoms with Gasteiger partial charge in [-0.3, -0.25) is 0 Å². The first kappa shape index (κ1) is 20.7. The molecule has 152 valence electrons. The highest BCUT2D eigenvalue weighted by Crippen LogP contribution is 2.22. The Balaban J connectivity index is 1.57. The summed E-state index contributed by atoms with van der Waals surface area (Å²) in [6.07, 6.45) is 5.82. The third-order valence-corrected chi connectivity index (χ3v) is 6.91. The van der Waals surface area contributed by atoms with Crippen LogP contribution in [0.4, 0.5) is 5.69 Å². The smallest absolute Gasteiger partial charge is 0.240 e. The molecule has 5 nitrogen and oxygen atoms in total. The molecular weight excluding hydrogens is 372 g/mol.